The molecule has 0 radical (unpaired) electrons. The molecule has 3 rings (SSSR count). The number of hydrogen-bond acceptors (Lipinski definition) is 5. The molecule has 0 amide bonds. The van der Waals surface area contributed by atoms with Crippen molar-refractivity contribution in [1.29, 1.82) is 5.26 Å². The van der Waals surface area contributed by atoms with Gasteiger partial charge in [-0.15, -0.1) is 0 Å². The molecular weight excluding hydrogens is 242 g/mol. The normalized spacial score (nSPS) is 16.9. The summed E-state index contributed by atoms with van der Waals surface area (Å²) in [5.41, 5.74) is 2.22. The number of aliphatic imine (C=N–C) groups is 1. The van der Waals surface area contributed by atoms with E-state index in [0.717, 1.165) is 17.1 Å². The molecule has 19 heavy (non-hydrogen) atoms. The first-order valence-corrected chi connectivity index (χ1v) is 5.68. The number of nitriles is 1. The summed E-state index contributed by atoms with van der Waals surface area (Å²) in [4.78, 5) is 17.7. The van der Waals surface area contributed by atoms with Crippen LogP contribution < -0.4 is 4.90 Å². The number of ether oxygens (including phenoxy) is 1. The molecule has 5 heteroatoms. The average Bonchev–Trinajstić information content (AvgIpc) is 2.52. The molecule has 2 aliphatic heterocycles. The highest BCUT2D eigenvalue weighted by Gasteiger charge is 2.28. The molecule has 0 atom stereocenters. The van der Waals surface area contributed by atoms with E-state index in [9.17, 15) is 4.79 Å². The molecule has 0 saturated heterocycles. The Bertz CT molecular complexity index is 708. The third-order valence-corrected chi connectivity index (χ3v) is 2.80. The van der Waals surface area contributed by atoms with Gasteiger partial charge in [-0.25, -0.2) is 4.79 Å². The van der Waals surface area contributed by atoms with Gasteiger partial charge in [-0.2, -0.15) is 5.26 Å². The maximum atomic E-state index is 11.6. The van der Waals surface area contributed by atoms with E-state index in [2.05, 4.69) is 4.99 Å². The van der Waals surface area contributed by atoms with Crippen LogP contribution in [0.4, 0.5) is 11.4 Å². The number of rotatable bonds is 0. The predicted molar refractivity (Wildman–Crippen MR) is 69.6 cm³/mol. The summed E-state index contributed by atoms with van der Waals surface area (Å²) in [6, 6.07) is 9.30. The molecule has 0 aromatic heterocycles. The zero-order chi connectivity index (χ0) is 13.4. The van der Waals surface area contributed by atoms with Crippen LogP contribution in [0.3, 0.4) is 0 Å². The van der Waals surface area contributed by atoms with Crippen molar-refractivity contribution in [3.05, 3.63) is 48.0 Å². The quantitative estimate of drug-likeness (QED) is 0.664. The van der Waals surface area contributed by atoms with E-state index in [1.54, 1.807) is 11.0 Å². The number of hydrogen-bond donors (Lipinski definition) is 0. The van der Waals surface area contributed by atoms with Crippen molar-refractivity contribution in [2.45, 2.75) is 6.92 Å². The van der Waals surface area contributed by atoms with Gasteiger partial charge in [0.25, 0.3) is 0 Å². The maximum Gasteiger partial charge on any atom is 0.357 e. The summed E-state index contributed by atoms with van der Waals surface area (Å²) < 4.78 is 5.18. The van der Waals surface area contributed by atoms with Gasteiger partial charge in [0, 0.05) is 18.0 Å². The van der Waals surface area contributed by atoms with Gasteiger partial charge in [0.05, 0.1) is 11.4 Å². The lowest BCUT2D eigenvalue weighted by atomic mass is 10.2. The van der Waals surface area contributed by atoms with Crippen molar-refractivity contribution >= 4 is 23.1 Å². The summed E-state index contributed by atoms with van der Waals surface area (Å²) in [6.07, 6.45) is 3.15. The molecule has 92 valence electrons. The Morgan fingerprint density at radius 3 is 2.95 bits per heavy atom. The lowest BCUT2D eigenvalue weighted by Crippen LogP contribution is -2.27. The number of para-hydroxylation sites is 2. The first-order valence-electron chi connectivity index (χ1n) is 5.68. The van der Waals surface area contributed by atoms with Gasteiger partial charge in [0.2, 0.25) is 5.88 Å². The van der Waals surface area contributed by atoms with Crippen LogP contribution in [0.25, 0.3) is 0 Å². The SMILES string of the molecule is CC1=Nc2ccccc2N2C=C(C#N)C(=O)OC2=C1. The first-order chi connectivity index (χ1) is 9.19. The van der Waals surface area contributed by atoms with Crippen molar-refractivity contribution in [2.75, 3.05) is 4.90 Å². The van der Waals surface area contributed by atoms with Crippen molar-refractivity contribution in [3.8, 4) is 6.07 Å². The molecule has 2 heterocycles. The van der Waals surface area contributed by atoms with Crippen LogP contribution in [0.1, 0.15) is 6.92 Å². The smallest absolute Gasteiger partial charge is 0.357 e. The molecule has 0 saturated carbocycles. The van der Waals surface area contributed by atoms with Gasteiger partial charge < -0.3 is 4.74 Å². The lowest BCUT2D eigenvalue weighted by molar-refractivity contribution is -0.135. The molecule has 0 aliphatic carbocycles. The van der Waals surface area contributed by atoms with Crippen LogP contribution in [0.2, 0.25) is 0 Å². The standard InChI is InChI=1S/C14H9N3O2/c1-9-6-13-17(8-10(7-15)14(18)19-13)12-5-3-2-4-11(12)16-9/h2-6,8H,1H3. The van der Waals surface area contributed by atoms with E-state index < -0.39 is 5.97 Å². The van der Waals surface area contributed by atoms with Crippen LogP contribution in [-0.2, 0) is 9.53 Å². The van der Waals surface area contributed by atoms with Crippen LogP contribution in [0.5, 0.6) is 0 Å². The Hall–Kier alpha value is -2.87. The first kappa shape index (κ1) is 11.2. The van der Waals surface area contributed by atoms with Gasteiger partial charge in [0.1, 0.15) is 6.07 Å². The molecule has 5 nitrogen and oxygen atoms in total. The highest BCUT2D eigenvalue weighted by atomic mass is 16.6. The average molecular weight is 251 g/mol. The largest absolute Gasteiger partial charge is 0.405 e. The number of carbonyl (C=O) groups is 1. The number of benzene rings is 1. The summed E-state index contributed by atoms with van der Waals surface area (Å²) in [5, 5.41) is 8.93. The highest BCUT2D eigenvalue weighted by molar-refractivity contribution is 6.02. The minimum Gasteiger partial charge on any atom is -0.405 e. The van der Waals surface area contributed by atoms with Gasteiger partial charge in [0.15, 0.2) is 5.57 Å². The third kappa shape index (κ3) is 1.79. The van der Waals surface area contributed by atoms with Crippen molar-refractivity contribution in [1.82, 2.24) is 0 Å². The second kappa shape index (κ2) is 4.10. The fourth-order valence-electron chi connectivity index (χ4n) is 1.97. The Morgan fingerprint density at radius 2 is 2.16 bits per heavy atom. The van der Waals surface area contributed by atoms with E-state index in [1.807, 2.05) is 37.3 Å². The van der Waals surface area contributed by atoms with Crippen molar-refractivity contribution in [2.24, 2.45) is 4.99 Å². The number of esters is 1. The van der Waals surface area contributed by atoms with Gasteiger partial charge in [-0.3, -0.25) is 9.89 Å². The van der Waals surface area contributed by atoms with Gasteiger partial charge in [-0.1, -0.05) is 12.1 Å². The Morgan fingerprint density at radius 1 is 1.37 bits per heavy atom. The molecule has 2 aliphatic rings. The van der Waals surface area contributed by atoms with Crippen LogP contribution in [0.15, 0.2) is 53.0 Å². The van der Waals surface area contributed by atoms with E-state index in [-0.39, 0.29) is 5.57 Å². The van der Waals surface area contributed by atoms with Crippen LogP contribution >= 0.6 is 0 Å². The molecule has 0 fully saturated rings. The Balaban J connectivity index is 2.24. The summed E-state index contributed by atoms with van der Waals surface area (Å²) in [7, 11) is 0. The fraction of sp³-hybridized carbons (Fsp3) is 0.0714. The highest BCUT2D eigenvalue weighted by Crippen LogP contribution is 2.36. The number of carbonyl (C=O) groups excluding carboxylic acids is 1. The minimum absolute atomic E-state index is 0.0356. The third-order valence-electron chi connectivity index (χ3n) is 2.80. The second-order valence-electron chi connectivity index (χ2n) is 4.14. The Kier molecular flexibility index (Phi) is 2.43. The van der Waals surface area contributed by atoms with E-state index in [4.69, 9.17) is 10.00 Å². The van der Waals surface area contributed by atoms with E-state index in [1.165, 1.54) is 6.20 Å². The monoisotopic (exact) mass is 251 g/mol. The number of allylic oxidation sites excluding steroid dienone is 1. The predicted octanol–water partition coefficient (Wildman–Crippen LogP) is 2.40. The number of fused-ring (bicyclic) bond motifs is 3. The number of anilines is 1. The zero-order valence-corrected chi connectivity index (χ0v) is 10.1. The number of nitrogens with zero attached hydrogens (tertiary/aromatic N) is 3. The van der Waals surface area contributed by atoms with Crippen LogP contribution in [-0.4, -0.2) is 11.7 Å². The summed E-state index contributed by atoms with van der Waals surface area (Å²) >= 11 is 0. The topological polar surface area (TPSA) is 65.7 Å². The minimum atomic E-state index is -0.641. The van der Waals surface area contributed by atoms with E-state index >= 15 is 0 Å². The Labute approximate surface area is 109 Å². The molecule has 0 spiro atoms. The molecule has 1 aromatic carbocycles. The van der Waals surface area contributed by atoms with Gasteiger partial charge >= 0.3 is 5.97 Å². The van der Waals surface area contributed by atoms with Gasteiger partial charge in [-0.05, 0) is 19.1 Å². The van der Waals surface area contributed by atoms with Crippen molar-refractivity contribution < 1.29 is 9.53 Å². The lowest BCUT2D eigenvalue weighted by Gasteiger charge is -2.26. The molecule has 1 aromatic rings. The second-order valence-corrected chi connectivity index (χ2v) is 4.14. The summed E-state index contributed by atoms with van der Waals surface area (Å²) in [6.45, 7) is 1.82. The molecule has 0 bridgehead atoms. The summed E-state index contributed by atoms with van der Waals surface area (Å²) in [5.74, 6) is -0.285. The van der Waals surface area contributed by atoms with E-state index in [0.29, 0.717) is 5.88 Å². The molecule has 0 unspecified atom stereocenters. The van der Waals surface area contributed by atoms with Crippen LogP contribution in [0, 0.1) is 11.3 Å². The maximum absolute atomic E-state index is 11.6. The molecule has 0 N–H and O–H groups in total. The van der Waals surface area contributed by atoms with Crippen molar-refractivity contribution in [3.63, 3.8) is 0 Å². The zero-order valence-electron chi connectivity index (χ0n) is 10.1. The molecular formula is C14H9N3O2. The fourth-order valence-corrected chi connectivity index (χ4v) is 1.97.